The second-order valence-corrected chi connectivity index (χ2v) is 5.91. The van der Waals surface area contributed by atoms with Crippen LogP contribution in [0.2, 0.25) is 5.02 Å². The van der Waals surface area contributed by atoms with Gasteiger partial charge in [-0.25, -0.2) is 0 Å². The minimum atomic E-state index is 0.115. The molecule has 0 saturated carbocycles. The molecule has 1 aromatic carbocycles. The summed E-state index contributed by atoms with van der Waals surface area (Å²) >= 11 is 5.99. The van der Waals surface area contributed by atoms with Gasteiger partial charge in [0, 0.05) is 28.5 Å². The van der Waals surface area contributed by atoms with Crippen LogP contribution in [-0.2, 0) is 0 Å². The Morgan fingerprint density at radius 2 is 2.25 bits per heavy atom. The number of nitrogens with zero attached hydrogens (tertiary/aromatic N) is 1. The van der Waals surface area contributed by atoms with Crippen molar-refractivity contribution >= 4 is 28.4 Å². The van der Waals surface area contributed by atoms with Gasteiger partial charge in [0.15, 0.2) is 0 Å². The third-order valence-electron chi connectivity index (χ3n) is 4.17. The van der Waals surface area contributed by atoms with Crippen LogP contribution in [0.1, 0.15) is 43.1 Å². The summed E-state index contributed by atoms with van der Waals surface area (Å²) in [4.78, 5) is 17.9. The zero-order valence-corrected chi connectivity index (χ0v) is 12.4. The van der Waals surface area contributed by atoms with Gasteiger partial charge in [-0.3, -0.25) is 4.79 Å². The molecule has 1 unspecified atom stereocenters. The minimum absolute atomic E-state index is 0.115. The summed E-state index contributed by atoms with van der Waals surface area (Å²) in [5, 5.41) is 1.71. The van der Waals surface area contributed by atoms with Gasteiger partial charge in [0.2, 0.25) is 0 Å². The van der Waals surface area contributed by atoms with E-state index in [0.29, 0.717) is 16.8 Å². The molecule has 1 N–H and O–H groups in total. The number of hydrogen-bond donors (Lipinski definition) is 1. The molecule has 3 nitrogen and oxygen atoms in total. The summed E-state index contributed by atoms with van der Waals surface area (Å²) < 4.78 is 0. The van der Waals surface area contributed by atoms with E-state index in [1.807, 2.05) is 29.2 Å². The average molecular weight is 291 g/mol. The number of H-pyrrole nitrogens is 1. The Morgan fingerprint density at radius 3 is 3.05 bits per heavy atom. The Morgan fingerprint density at radius 1 is 1.40 bits per heavy atom. The van der Waals surface area contributed by atoms with Crippen molar-refractivity contribution in [2.75, 3.05) is 6.54 Å². The van der Waals surface area contributed by atoms with Gasteiger partial charge in [0.1, 0.15) is 5.69 Å². The van der Waals surface area contributed by atoms with E-state index in [4.69, 9.17) is 11.6 Å². The standard InChI is InChI=1S/C16H19ClN2O/c1-2-13-5-3-4-8-19(13)16(20)15-9-11-6-7-12(17)10-14(11)18-15/h6-7,9-10,13,18H,2-5,8H2,1H3. The summed E-state index contributed by atoms with van der Waals surface area (Å²) in [5.74, 6) is 0.115. The van der Waals surface area contributed by atoms with Crippen LogP contribution < -0.4 is 0 Å². The Labute approximate surface area is 123 Å². The number of nitrogens with one attached hydrogen (secondary N) is 1. The number of hydrogen-bond acceptors (Lipinski definition) is 1. The largest absolute Gasteiger partial charge is 0.350 e. The molecule has 0 bridgehead atoms. The van der Waals surface area contributed by atoms with Crippen molar-refractivity contribution in [3.63, 3.8) is 0 Å². The number of aromatic nitrogens is 1. The highest BCUT2D eigenvalue weighted by atomic mass is 35.5. The van der Waals surface area contributed by atoms with Crippen LogP contribution in [0.25, 0.3) is 10.9 Å². The first-order valence-corrected chi connectivity index (χ1v) is 7.66. The van der Waals surface area contributed by atoms with Gasteiger partial charge in [-0.15, -0.1) is 0 Å². The van der Waals surface area contributed by atoms with Crippen molar-refractivity contribution < 1.29 is 4.79 Å². The number of likely N-dealkylation sites (tertiary alicyclic amines) is 1. The monoisotopic (exact) mass is 290 g/mol. The molecule has 1 fully saturated rings. The number of rotatable bonds is 2. The fourth-order valence-electron chi connectivity index (χ4n) is 3.06. The van der Waals surface area contributed by atoms with Crippen LogP contribution >= 0.6 is 11.6 Å². The van der Waals surface area contributed by atoms with Crippen LogP contribution in [0.3, 0.4) is 0 Å². The lowest BCUT2D eigenvalue weighted by Crippen LogP contribution is -2.43. The van der Waals surface area contributed by atoms with Crippen molar-refractivity contribution in [3.8, 4) is 0 Å². The molecule has 4 heteroatoms. The Kier molecular flexibility index (Phi) is 3.70. The average Bonchev–Trinajstić information content (AvgIpc) is 2.89. The van der Waals surface area contributed by atoms with Gasteiger partial charge in [-0.05, 0) is 43.9 Å². The lowest BCUT2D eigenvalue weighted by atomic mass is 9.99. The maximum absolute atomic E-state index is 12.7. The summed E-state index contributed by atoms with van der Waals surface area (Å²) in [5.41, 5.74) is 1.59. The van der Waals surface area contributed by atoms with E-state index in [0.717, 1.165) is 36.7 Å². The van der Waals surface area contributed by atoms with Crippen molar-refractivity contribution in [1.82, 2.24) is 9.88 Å². The fraction of sp³-hybridized carbons (Fsp3) is 0.438. The third-order valence-corrected chi connectivity index (χ3v) is 4.41. The second kappa shape index (κ2) is 5.49. The van der Waals surface area contributed by atoms with Gasteiger partial charge >= 0.3 is 0 Å². The number of aromatic amines is 1. The number of benzene rings is 1. The van der Waals surface area contributed by atoms with Crippen LogP contribution in [0.5, 0.6) is 0 Å². The first kappa shape index (κ1) is 13.5. The van der Waals surface area contributed by atoms with Crippen LogP contribution in [0, 0.1) is 0 Å². The van der Waals surface area contributed by atoms with Gasteiger partial charge < -0.3 is 9.88 Å². The Hall–Kier alpha value is -1.48. The Bertz CT molecular complexity index is 634. The molecule has 0 spiro atoms. The lowest BCUT2D eigenvalue weighted by molar-refractivity contribution is 0.0603. The molecule has 1 aromatic heterocycles. The van der Waals surface area contributed by atoms with E-state index in [1.165, 1.54) is 6.42 Å². The van der Waals surface area contributed by atoms with E-state index < -0.39 is 0 Å². The highest BCUT2D eigenvalue weighted by Crippen LogP contribution is 2.24. The molecular weight excluding hydrogens is 272 g/mol. The molecule has 1 amide bonds. The number of halogens is 1. The normalized spacial score (nSPS) is 19.5. The molecule has 1 aliphatic rings. The quantitative estimate of drug-likeness (QED) is 0.883. The van der Waals surface area contributed by atoms with Gasteiger partial charge in [-0.1, -0.05) is 24.6 Å². The van der Waals surface area contributed by atoms with Crippen LogP contribution in [-0.4, -0.2) is 28.4 Å². The van der Waals surface area contributed by atoms with Gasteiger partial charge in [-0.2, -0.15) is 0 Å². The number of carbonyl (C=O) groups excluding carboxylic acids is 1. The third kappa shape index (κ3) is 2.42. The van der Waals surface area contributed by atoms with Crippen molar-refractivity contribution in [2.24, 2.45) is 0 Å². The summed E-state index contributed by atoms with van der Waals surface area (Å²) in [6, 6.07) is 7.96. The summed E-state index contributed by atoms with van der Waals surface area (Å²) in [6.45, 7) is 3.02. The highest BCUT2D eigenvalue weighted by molar-refractivity contribution is 6.31. The predicted molar refractivity (Wildman–Crippen MR) is 82.3 cm³/mol. The number of carbonyl (C=O) groups is 1. The van der Waals surface area contributed by atoms with Gasteiger partial charge in [0.25, 0.3) is 5.91 Å². The van der Waals surface area contributed by atoms with Crippen molar-refractivity contribution in [1.29, 1.82) is 0 Å². The minimum Gasteiger partial charge on any atom is -0.350 e. The van der Waals surface area contributed by atoms with Crippen LogP contribution in [0.15, 0.2) is 24.3 Å². The first-order valence-electron chi connectivity index (χ1n) is 7.28. The molecule has 3 rings (SSSR count). The maximum Gasteiger partial charge on any atom is 0.270 e. The molecular formula is C16H19ClN2O. The van der Waals surface area contributed by atoms with Crippen molar-refractivity contribution in [2.45, 2.75) is 38.6 Å². The van der Waals surface area contributed by atoms with E-state index in [1.54, 1.807) is 0 Å². The molecule has 2 heterocycles. The van der Waals surface area contributed by atoms with E-state index >= 15 is 0 Å². The fourth-order valence-corrected chi connectivity index (χ4v) is 3.23. The lowest BCUT2D eigenvalue weighted by Gasteiger charge is -2.35. The second-order valence-electron chi connectivity index (χ2n) is 5.47. The SMILES string of the molecule is CCC1CCCCN1C(=O)c1cc2ccc(Cl)cc2[nH]1. The first-order chi connectivity index (χ1) is 9.69. The van der Waals surface area contributed by atoms with E-state index in [2.05, 4.69) is 11.9 Å². The summed E-state index contributed by atoms with van der Waals surface area (Å²) in [7, 11) is 0. The van der Waals surface area contributed by atoms with Gasteiger partial charge in [0.05, 0.1) is 0 Å². The molecule has 1 saturated heterocycles. The molecule has 20 heavy (non-hydrogen) atoms. The number of piperidine rings is 1. The zero-order valence-electron chi connectivity index (χ0n) is 11.7. The highest BCUT2D eigenvalue weighted by Gasteiger charge is 2.27. The zero-order chi connectivity index (χ0) is 14.1. The topological polar surface area (TPSA) is 36.1 Å². The molecule has 0 radical (unpaired) electrons. The summed E-state index contributed by atoms with van der Waals surface area (Å²) in [6.07, 6.45) is 4.48. The number of fused-ring (bicyclic) bond motifs is 1. The molecule has 1 atom stereocenters. The molecule has 2 aromatic rings. The van der Waals surface area contributed by atoms with E-state index in [-0.39, 0.29) is 5.91 Å². The Balaban J connectivity index is 1.91. The van der Waals surface area contributed by atoms with Crippen LogP contribution in [0.4, 0.5) is 0 Å². The molecule has 1 aliphatic heterocycles. The predicted octanol–water partition coefficient (Wildman–Crippen LogP) is 4.23. The smallest absolute Gasteiger partial charge is 0.270 e. The molecule has 0 aliphatic carbocycles. The van der Waals surface area contributed by atoms with Crippen molar-refractivity contribution in [3.05, 3.63) is 35.0 Å². The van der Waals surface area contributed by atoms with E-state index in [9.17, 15) is 4.79 Å². The number of amides is 1. The maximum atomic E-state index is 12.7. The molecule has 106 valence electrons.